The third-order valence-electron chi connectivity index (χ3n) is 4.37. The Morgan fingerprint density at radius 3 is 2.81 bits per heavy atom. The normalized spacial score (nSPS) is 13.4. The van der Waals surface area contributed by atoms with Crippen molar-refractivity contribution in [3.63, 3.8) is 0 Å². The van der Waals surface area contributed by atoms with Gasteiger partial charge in [0.25, 0.3) is 11.5 Å². The molecule has 2 N–H and O–H groups in total. The zero-order valence-electron chi connectivity index (χ0n) is 14.9. The molecule has 0 unspecified atom stereocenters. The molecule has 2 heterocycles. The Bertz CT molecular complexity index is 966. The number of esters is 1. The fraction of sp³-hybridized carbons (Fsp3) is 0.389. The molecule has 0 bridgehead atoms. The molecule has 27 heavy (non-hydrogen) atoms. The second kappa shape index (κ2) is 7.98. The lowest BCUT2D eigenvalue weighted by atomic mass is 10.1. The molecular weight excluding hydrogens is 352 g/mol. The van der Waals surface area contributed by atoms with E-state index in [9.17, 15) is 19.2 Å². The summed E-state index contributed by atoms with van der Waals surface area (Å²) < 4.78 is 6.61. The molecule has 3 rings (SSSR count). The third kappa shape index (κ3) is 4.13. The van der Waals surface area contributed by atoms with Gasteiger partial charge < -0.3 is 10.1 Å². The Morgan fingerprint density at radius 2 is 2.04 bits per heavy atom. The Hall–Kier alpha value is -3.23. The summed E-state index contributed by atoms with van der Waals surface area (Å²) in [6.45, 7) is 0.0614. The van der Waals surface area contributed by atoms with Gasteiger partial charge in [0.2, 0.25) is 0 Å². The van der Waals surface area contributed by atoms with Gasteiger partial charge in [0.15, 0.2) is 6.61 Å². The van der Waals surface area contributed by atoms with E-state index in [1.165, 1.54) is 19.2 Å². The zero-order valence-corrected chi connectivity index (χ0v) is 14.9. The van der Waals surface area contributed by atoms with Crippen LogP contribution in [0.3, 0.4) is 0 Å². The van der Waals surface area contributed by atoms with E-state index >= 15 is 0 Å². The first-order valence-electron chi connectivity index (χ1n) is 8.72. The summed E-state index contributed by atoms with van der Waals surface area (Å²) in [5.41, 5.74) is 0.500. The quantitative estimate of drug-likeness (QED) is 0.767. The number of carbonyl (C=O) groups is 3. The van der Waals surface area contributed by atoms with Crippen LogP contribution in [0.1, 0.15) is 35.4 Å². The molecule has 1 aromatic carbocycles. The van der Waals surface area contributed by atoms with Crippen molar-refractivity contribution in [3.05, 3.63) is 39.9 Å². The van der Waals surface area contributed by atoms with Crippen molar-refractivity contribution >= 4 is 28.8 Å². The number of carbonyl (C=O) groups excluding carboxylic acids is 3. The molecule has 2 aromatic rings. The number of fused-ring (bicyclic) bond motifs is 2. The predicted octanol–water partition coefficient (Wildman–Crippen LogP) is 0.735. The van der Waals surface area contributed by atoms with Gasteiger partial charge in [0, 0.05) is 20.0 Å². The van der Waals surface area contributed by atoms with Crippen LogP contribution in [0.4, 0.5) is 4.79 Å². The summed E-state index contributed by atoms with van der Waals surface area (Å²) in [4.78, 5) is 51.9. The number of hydrogen-bond donors (Lipinski definition) is 2. The number of imide groups is 1. The van der Waals surface area contributed by atoms with Gasteiger partial charge in [-0.3, -0.25) is 19.5 Å². The maximum atomic E-state index is 12.7. The molecule has 1 aromatic heterocycles. The highest BCUT2D eigenvalue weighted by Gasteiger charge is 2.16. The second-order valence-electron chi connectivity index (χ2n) is 6.23. The molecular formula is C18H20N4O5. The lowest BCUT2D eigenvalue weighted by molar-refractivity contribution is -0.123. The Morgan fingerprint density at radius 1 is 1.22 bits per heavy atom. The van der Waals surface area contributed by atoms with Gasteiger partial charge in [-0.1, -0.05) is 6.42 Å². The van der Waals surface area contributed by atoms with Crippen molar-refractivity contribution in [2.45, 2.75) is 32.2 Å². The first-order chi connectivity index (χ1) is 13.0. The largest absolute Gasteiger partial charge is 0.452 e. The second-order valence-corrected chi connectivity index (χ2v) is 6.23. The van der Waals surface area contributed by atoms with Gasteiger partial charge in [0.1, 0.15) is 5.82 Å². The number of benzene rings is 1. The minimum atomic E-state index is -0.745. The number of aromatic nitrogens is 2. The molecule has 0 saturated carbocycles. The highest BCUT2D eigenvalue weighted by molar-refractivity contribution is 5.98. The molecule has 0 spiro atoms. The van der Waals surface area contributed by atoms with Crippen molar-refractivity contribution < 1.29 is 19.1 Å². The molecule has 1 aliphatic heterocycles. The average Bonchev–Trinajstić information content (AvgIpc) is 2.91. The Labute approximate surface area is 154 Å². The SMILES string of the molecule is CNC(=O)NC(=O)COC(=O)c1ccc2c(=O)n3c(nc2c1)CCCCC3. The number of hydrogen-bond acceptors (Lipinski definition) is 6. The number of urea groups is 1. The minimum absolute atomic E-state index is 0.109. The van der Waals surface area contributed by atoms with Gasteiger partial charge in [-0.05, 0) is 31.0 Å². The van der Waals surface area contributed by atoms with Crippen molar-refractivity contribution in [3.8, 4) is 0 Å². The van der Waals surface area contributed by atoms with E-state index in [4.69, 9.17) is 4.74 Å². The van der Waals surface area contributed by atoms with Crippen LogP contribution >= 0.6 is 0 Å². The van der Waals surface area contributed by atoms with Gasteiger partial charge in [-0.15, -0.1) is 0 Å². The number of aryl methyl sites for hydroxylation is 1. The first kappa shape index (κ1) is 18.6. The van der Waals surface area contributed by atoms with Gasteiger partial charge in [0.05, 0.1) is 16.5 Å². The standard InChI is InChI=1S/C18H20N4O5/c1-19-18(26)21-15(23)10-27-17(25)11-6-7-12-13(9-11)20-14-5-3-2-4-8-22(14)16(12)24/h6-7,9H,2-5,8,10H2,1H3,(H2,19,21,23,26). The summed E-state index contributed by atoms with van der Waals surface area (Å²) >= 11 is 0. The van der Waals surface area contributed by atoms with Gasteiger partial charge >= 0.3 is 12.0 Å². The third-order valence-corrected chi connectivity index (χ3v) is 4.37. The van der Waals surface area contributed by atoms with Crippen molar-refractivity contribution in [2.75, 3.05) is 13.7 Å². The topological polar surface area (TPSA) is 119 Å². The summed E-state index contributed by atoms with van der Waals surface area (Å²) in [6, 6.07) is 3.81. The molecule has 0 atom stereocenters. The molecule has 0 radical (unpaired) electrons. The molecule has 0 saturated heterocycles. The highest BCUT2D eigenvalue weighted by Crippen LogP contribution is 2.16. The molecule has 0 aliphatic carbocycles. The lowest BCUT2D eigenvalue weighted by Crippen LogP contribution is -2.39. The Balaban J connectivity index is 1.80. The average molecular weight is 372 g/mol. The van der Waals surface area contributed by atoms with Crippen molar-refractivity contribution in [2.24, 2.45) is 0 Å². The smallest absolute Gasteiger partial charge is 0.338 e. The van der Waals surface area contributed by atoms with Gasteiger partial charge in [-0.25, -0.2) is 14.6 Å². The van der Waals surface area contributed by atoms with Crippen LogP contribution in [0.15, 0.2) is 23.0 Å². The predicted molar refractivity (Wildman–Crippen MR) is 96.4 cm³/mol. The maximum Gasteiger partial charge on any atom is 0.338 e. The van der Waals surface area contributed by atoms with E-state index < -0.39 is 24.5 Å². The van der Waals surface area contributed by atoms with E-state index in [0.29, 0.717) is 17.4 Å². The molecule has 1 aliphatic rings. The van der Waals surface area contributed by atoms with Crippen molar-refractivity contribution in [1.29, 1.82) is 0 Å². The maximum absolute atomic E-state index is 12.7. The summed E-state index contributed by atoms with van der Waals surface area (Å²) in [6.07, 6.45) is 3.69. The van der Waals surface area contributed by atoms with Crippen LogP contribution in [0, 0.1) is 0 Å². The number of ether oxygens (including phenoxy) is 1. The van der Waals surface area contributed by atoms with E-state index in [1.807, 2.05) is 5.32 Å². The fourth-order valence-electron chi connectivity index (χ4n) is 2.98. The van der Waals surface area contributed by atoms with Crippen LogP contribution in [0.5, 0.6) is 0 Å². The van der Waals surface area contributed by atoms with E-state index in [1.54, 1.807) is 10.6 Å². The fourth-order valence-corrected chi connectivity index (χ4v) is 2.98. The number of nitrogens with one attached hydrogen (secondary N) is 2. The zero-order chi connectivity index (χ0) is 19.4. The lowest BCUT2D eigenvalue weighted by Gasteiger charge is -2.11. The molecule has 142 valence electrons. The molecule has 9 nitrogen and oxygen atoms in total. The first-order valence-corrected chi connectivity index (χ1v) is 8.72. The van der Waals surface area contributed by atoms with Crippen LogP contribution in [0.25, 0.3) is 10.9 Å². The molecule has 9 heteroatoms. The number of amides is 3. The van der Waals surface area contributed by atoms with Crippen LogP contribution < -0.4 is 16.2 Å². The van der Waals surface area contributed by atoms with Crippen LogP contribution in [-0.2, 0) is 22.5 Å². The number of rotatable bonds is 3. The molecule has 3 amide bonds. The number of nitrogens with zero attached hydrogens (tertiary/aromatic N) is 2. The summed E-state index contributed by atoms with van der Waals surface area (Å²) in [5.74, 6) is -0.758. The minimum Gasteiger partial charge on any atom is -0.452 e. The van der Waals surface area contributed by atoms with E-state index in [-0.39, 0.29) is 11.1 Å². The summed E-state index contributed by atoms with van der Waals surface area (Å²) in [5, 5.41) is 4.65. The van der Waals surface area contributed by atoms with E-state index in [0.717, 1.165) is 31.5 Å². The Kier molecular flexibility index (Phi) is 5.49. The monoisotopic (exact) mass is 372 g/mol. The summed E-state index contributed by atoms with van der Waals surface area (Å²) in [7, 11) is 1.36. The van der Waals surface area contributed by atoms with E-state index in [2.05, 4.69) is 10.3 Å². The van der Waals surface area contributed by atoms with Gasteiger partial charge in [-0.2, -0.15) is 0 Å². The van der Waals surface area contributed by atoms with Crippen LogP contribution in [0.2, 0.25) is 0 Å². The van der Waals surface area contributed by atoms with Crippen molar-refractivity contribution in [1.82, 2.24) is 20.2 Å². The van der Waals surface area contributed by atoms with Crippen LogP contribution in [-0.4, -0.2) is 41.1 Å². The highest BCUT2D eigenvalue weighted by atomic mass is 16.5. The molecule has 0 fully saturated rings.